The number of ether oxygens (including phenoxy) is 1. The van der Waals surface area contributed by atoms with Gasteiger partial charge in [-0.3, -0.25) is 4.79 Å². The maximum Gasteiger partial charge on any atom is 0.251 e. The van der Waals surface area contributed by atoms with Gasteiger partial charge in [0.05, 0.1) is 13.7 Å². The van der Waals surface area contributed by atoms with Crippen molar-refractivity contribution in [3.8, 4) is 5.75 Å². The minimum absolute atomic E-state index is 0.0283. The molecule has 0 spiro atoms. The lowest BCUT2D eigenvalue weighted by molar-refractivity contribution is 0.408. The third-order valence-corrected chi connectivity index (χ3v) is 2.90. The first kappa shape index (κ1) is 12.2. The molecule has 94 valence electrons. The van der Waals surface area contributed by atoms with Crippen molar-refractivity contribution in [3.63, 3.8) is 0 Å². The summed E-state index contributed by atoms with van der Waals surface area (Å²) in [5, 5.41) is 0. The number of benzene rings is 1. The average Bonchev–Trinajstić information content (AvgIpc) is 2.34. The van der Waals surface area contributed by atoms with Gasteiger partial charge in [-0.05, 0) is 31.2 Å². The Morgan fingerprint density at radius 1 is 1.28 bits per heavy atom. The van der Waals surface area contributed by atoms with E-state index < -0.39 is 0 Å². The molecule has 4 heteroatoms. The molecule has 1 aromatic heterocycles. The van der Waals surface area contributed by atoms with E-state index in [1.807, 2.05) is 25.1 Å². The molecule has 0 amide bonds. The second-order valence-electron chi connectivity index (χ2n) is 4.16. The molecule has 4 nitrogen and oxygen atoms in total. The number of hydrogen-bond acceptors (Lipinski definition) is 3. The predicted molar refractivity (Wildman–Crippen MR) is 71.9 cm³/mol. The molecular formula is C14H16N2O2. The smallest absolute Gasteiger partial charge is 0.251 e. The van der Waals surface area contributed by atoms with E-state index in [9.17, 15) is 4.79 Å². The third-order valence-electron chi connectivity index (χ3n) is 2.90. The van der Waals surface area contributed by atoms with E-state index in [0.717, 1.165) is 17.0 Å². The Balaban J connectivity index is 2.46. The van der Waals surface area contributed by atoms with E-state index in [-0.39, 0.29) is 5.56 Å². The summed E-state index contributed by atoms with van der Waals surface area (Å²) in [6.45, 7) is 2.36. The number of nitrogen functional groups attached to an aromatic ring is 1. The van der Waals surface area contributed by atoms with Gasteiger partial charge in [-0.1, -0.05) is 6.07 Å². The summed E-state index contributed by atoms with van der Waals surface area (Å²) in [6.07, 6.45) is 0. The minimum Gasteiger partial charge on any atom is -0.496 e. The third kappa shape index (κ3) is 2.37. The van der Waals surface area contributed by atoms with Crippen LogP contribution in [0.5, 0.6) is 5.75 Å². The van der Waals surface area contributed by atoms with E-state index in [4.69, 9.17) is 10.5 Å². The molecular weight excluding hydrogens is 228 g/mol. The molecule has 0 aliphatic heterocycles. The number of anilines is 1. The normalized spacial score (nSPS) is 10.3. The van der Waals surface area contributed by atoms with Crippen molar-refractivity contribution in [2.24, 2.45) is 0 Å². The summed E-state index contributed by atoms with van der Waals surface area (Å²) < 4.78 is 6.97. The highest BCUT2D eigenvalue weighted by molar-refractivity contribution is 5.48. The molecule has 0 saturated carbocycles. The highest BCUT2D eigenvalue weighted by Gasteiger charge is 2.06. The summed E-state index contributed by atoms with van der Waals surface area (Å²) in [4.78, 5) is 11.8. The highest BCUT2D eigenvalue weighted by Crippen LogP contribution is 2.21. The number of aromatic nitrogens is 1. The fraction of sp³-hybridized carbons (Fsp3) is 0.214. The Morgan fingerprint density at radius 2 is 2.06 bits per heavy atom. The molecule has 0 saturated heterocycles. The molecule has 2 rings (SSSR count). The van der Waals surface area contributed by atoms with Crippen LogP contribution in [0.25, 0.3) is 0 Å². The highest BCUT2D eigenvalue weighted by atomic mass is 16.5. The molecule has 0 fully saturated rings. The van der Waals surface area contributed by atoms with Gasteiger partial charge < -0.3 is 15.0 Å². The lowest BCUT2D eigenvalue weighted by atomic mass is 10.1. The number of pyridine rings is 1. The lowest BCUT2D eigenvalue weighted by Gasteiger charge is -2.13. The predicted octanol–water partition coefficient (Wildman–Crippen LogP) is 1.80. The Bertz CT molecular complexity index is 617. The van der Waals surface area contributed by atoms with E-state index in [1.165, 1.54) is 0 Å². The van der Waals surface area contributed by atoms with Gasteiger partial charge in [-0.2, -0.15) is 0 Å². The zero-order chi connectivity index (χ0) is 13.1. The molecule has 0 bridgehead atoms. The molecule has 18 heavy (non-hydrogen) atoms. The SMILES string of the molecule is COc1ccc(N)cc1Cn1c(C)cccc1=O. The van der Waals surface area contributed by atoms with Gasteiger partial charge in [-0.15, -0.1) is 0 Å². The fourth-order valence-electron chi connectivity index (χ4n) is 1.92. The van der Waals surface area contributed by atoms with Crippen molar-refractivity contribution in [2.75, 3.05) is 12.8 Å². The van der Waals surface area contributed by atoms with Gasteiger partial charge in [0, 0.05) is 23.0 Å². The van der Waals surface area contributed by atoms with Crippen molar-refractivity contribution >= 4 is 5.69 Å². The number of nitrogens with two attached hydrogens (primary N) is 1. The number of methoxy groups -OCH3 is 1. The van der Waals surface area contributed by atoms with Gasteiger partial charge >= 0.3 is 0 Å². The molecule has 1 heterocycles. The quantitative estimate of drug-likeness (QED) is 0.837. The number of nitrogens with zero attached hydrogens (tertiary/aromatic N) is 1. The average molecular weight is 244 g/mol. The molecule has 0 aliphatic carbocycles. The second-order valence-corrected chi connectivity index (χ2v) is 4.16. The summed E-state index contributed by atoms with van der Waals surface area (Å²) in [5.74, 6) is 0.736. The zero-order valence-corrected chi connectivity index (χ0v) is 10.5. The first-order valence-corrected chi connectivity index (χ1v) is 5.70. The summed E-state index contributed by atoms with van der Waals surface area (Å²) >= 11 is 0. The van der Waals surface area contributed by atoms with Gasteiger partial charge in [0.15, 0.2) is 0 Å². The van der Waals surface area contributed by atoms with Crippen LogP contribution >= 0.6 is 0 Å². The van der Waals surface area contributed by atoms with Crippen molar-refractivity contribution in [2.45, 2.75) is 13.5 Å². The first-order chi connectivity index (χ1) is 8.61. The molecule has 0 radical (unpaired) electrons. The Hall–Kier alpha value is -2.23. The zero-order valence-electron chi connectivity index (χ0n) is 10.5. The van der Waals surface area contributed by atoms with Gasteiger partial charge in [0.1, 0.15) is 5.75 Å². The Labute approximate surface area is 106 Å². The van der Waals surface area contributed by atoms with Gasteiger partial charge in [-0.25, -0.2) is 0 Å². The Morgan fingerprint density at radius 3 is 2.72 bits per heavy atom. The molecule has 1 aromatic carbocycles. The van der Waals surface area contributed by atoms with E-state index >= 15 is 0 Å². The van der Waals surface area contributed by atoms with Crippen molar-refractivity contribution in [3.05, 3.63) is 58.0 Å². The van der Waals surface area contributed by atoms with E-state index in [0.29, 0.717) is 12.2 Å². The van der Waals surface area contributed by atoms with Crippen LogP contribution in [0.3, 0.4) is 0 Å². The van der Waals surface area contributed by atoms with Crippen LogP contribution in [0.15, 0.2) is 41.2 Å². The standard InChI is InChI=1S/C14H16N2O2/c1-10-4-3-5-14(17)16(10)9-11-8-12(15)6-7-13(11)18-2/h3-8H,9,15H2,1-2H3. The maximum absolute atomic E-state index is 11.8. The van der Waals surface area contributed by atoms with E-state index in [1.54, 1.807) is 29.9 Å². The molecule has 0 unspecified atom stereocenters. The van der Waals surface area contributed by atoms with Crippen LogP contribution in [0.2, 0.25) is 0 Å². The fourth-order valence-corrected chi connectivity index (χ4v) is 1.92. The van der Waals surface area contributed by atoms with Crippen LogP contribution < -0.4 is 16.0 Å². The molecule has 0 atom stereocenters. The van der Waals surface area contributed by atoms with Crippen molar-refractivity contribution in [1.82, 2.24) is 4.57 Å². The first-order valence-electron chi connectivity index (χ1n) is 5.70. The van der Waals surface area contributed by atoms with Crippen LogP contribution in [-0.4, -0.2) is 11.7 Å². The lowest BCUT2D eigenvalue weighted by Crippen LogP contribution is -2.21. The minimum atomic E-state index is -0.0283. The Kier molecular flexibility index (Phi) is 3.37. The topological polar surface area (TPSA) is 57.2 Å². The van der Waals surface area contributed by atoms with E-state index in [2.05, 4.69) is 0 Å². The summed E-state index contributed by atoms with van der Waals surface area (Å²) in [7, 11) is 1.61. The monoisotopic (exact) mass is 244 g/mol. The summed E-state index contributed by atoms with van der Waals surface area (Å²) in [6, 6.07) is 10.6. The van der Waals surface area contributed by atoms with Crippen LogP contribution in [-0.2, 0) is 6.54 Å². The number of hydrogen-bond donors (Lipinski definition) is 1. The van der Waals surface area contributed by atoms with Crippen LogP contribution in [0.4, 0.5) is 5.69 Å². The van der Waals surface area contributed by atoms with Gasteiger partial charge in [0.25, 0.3) is 5.56 Å². The van der Waals surface area contributed by atoms with Crippen LogP contribution in [0, 0.1) is 6.92 Å². The number of aryl methyl sites for hydroxylation is 1. The van der Waals surface area contributed by atoms with Crippen molar-refractivity contribution < 1.29 is 4.74 Å². The molecule has 2 N–H and O–H groups in total. The molecule has 2 aromatic rings. The summed E-state index contributed by atoms with van der Waals surface area (Å²) in [5.41, 5.74) is 8.21. The van der Waals surface area contributed by atoms with Crippen LogP contribution in [0.1, 0.15) is 11.3 Å². The van der Waals surface area contributed by atoms with Crippen molar-refractivity contribution in [1.29, 1.82) is 0 Å². The number of rotatable bonds is 3. The maximum atomic E-state index is 11.8. The van der Waals surface area contributed by atoms with Gasteiger partial charge in [0.2, 0.25) is 0 Å². The second kappa shape index (κ2) is 4.96. The largest absolute Gasteiger partial charge is 0.496 e. The molecule has 0 aliphatic rings.